The van der Waals surface area contributed by atoms with E-state index in [2.05, 4.69) is 17.0 Å². The second-order valence-corrected chi connectivity index (χ2v) is 4.76. The van der Waals surface area contributed by atoms with Crippen molar-refractivity contribution >= 4 is 0 Å². The van der Waals surface area contributed by atoms with Crippen molar-refractivity contribution in [3.63, 3.8) is 0 Å². The van der Waals surface area contributed by atoms with Crippen molar-refractivity contribution in [1.82, 2.24) is 4.90 Å². The third-order valence-corrected chi connectivity index (χ3v) is 3.42. The van der Waals surface area contributed by atoms with Crippen LogP contribution in [0.25, 0.3) is 0 Å². The van der Waals surface area contributed by atoms with Crippen LogP contribution in [-0.4, -0.2) is 37.7 Å². The van der Waals surface area contributed by atoms with E-state index in [9.17, 15) is 0 Å². The maximum atomic E-state index is 5.89. The molecule has 1 aromatic rings. The number of hydrogen-bond acceptors (Lipinski definition) is 3. The molecule has 0 radical (unpaired) electrons. The molecule has 0 spiro atoms. The monoisotopic (exact) mass is 234 g/mol. The van der Waals surface area contributed by atoms with Crippen LogP contribution in [0.3, 0.4) is 0 Å². The van der Waals surface area contributed by atoms with Crippen molar-refractivity contribution in [2.45, 2.75) is 25.3 Å². The average Bonchev–Trinajstić information content (AvgIpc) is 2.76. The van der Waals surface area contributed by atoms with Gasteiger partial charge in [-0.25, -0.2) is 0 Å². The van der Waals surface area contributed by atoms with E-state index in [-0.39, 0.29) is 0 Å². The van der Waals surface area contributed by atoms with Crippen LogP contribution in [0.4, 0.5) is 0 Å². The van der Waals surface area contributed by atoms with Crippen molar-refractivity contribution in [2.24, 2.45) is 5.73 Å². The Morgan fingerprint density at radius 1 is 1.41 bits per heavy atom. The van der Waals surface area contributed by atoms with E-state index in [1.807, 2.05) is 12.1 Å². The first kappa shape index (κ1) is 12.4. The Labute approximate surface area is 104 Å². The molecule has 17 heavy (non-hydrogen) atoms. The van der Waals surface area contributed by atoms with Gasteiger partial charge in [0.05, 0.1) is 7.11 Å². The van der Waals surface area contributed by atoms with Crippen LogP contribution in [0.1, 0.15) is 18.4 Å². The van der Waals surface area contributed by atoms with E-state index in [0.717, 1.165) is 38.2 Å². The fourth-order valence-corrected chi connectivity index (χ4v) is 2.47. The Morgan fingerprint density at radius 3 is 2.94 bits per heavy atom. The molecule has 1 aromatic carbocycles. The number of nitrogens with two attached hydrogens (primary N) is 1. The maximum Gasteiger partial charge on any atom is 0.122 e. The van der Waals surface area contributed by atoms with Gasteiger partial charge in [0.1, 0.15) is 5.75 Å². The quantitative estimate of drug-likeness (QED) is 0.842. The van der Waals surface area contributed by atoms with E-state index < -0.39 is 0 Å². The minimum absolute atomic E-state index is 0.390. The minimum Gasteiger partial charge on any atom is -0.496 e. The number of likely N-dealkylation sites (tertiary alicyclic amines) is 1. The number of methoxy groups -OCH3 is 1. The van der Waals surface area contributed by atoms with Gasteiger partial charge in [-0.15, -0.1) is 0 Å². The van der Waals surface area contributed by atoms with Gasteiger partial charge in [-0.3, -0.25) is 0 Å². The molecule has 1 aliphatic heterocycles. The van der Waals surface area contributed by atoms with E-state index >= 15 is 0 Å². The molecule has 0 aliphatic carbocycles. The molecule has 1 atom stereocenters. The number of benzene rings is 1. The number of nitrogens with zero attached hydrogens (tertiary/aromatic N) is 1. The molecular weight excluding hydrogens is 212 g/mol. The van der Waals surface area contributed by atoms with Gasteiger partial charge < -0.3 is 15.4 Å². The summed E-state index contributed by atoms with van der Waals surface area (Å²) >= 11 is 0. The van der Waals surface area contributed by atoms with E-state index in [1.54, 1.807) is 7.11 Å². The molecule has 94 valence electrons. The molecule has 0 aromatic heterocycles. The fraction of sp³-hybridized carbons (Fsp3) is 0.571. The van der Waals surface area contributed by atoms with Crippen LogP contribution in [0.5, 0.6) is 5.75 Å². The van der Waals surface area contributed by atoms with Crippen LogP contribution >= 0.6 is 0 Å². The van der Waals surface area contributed by atoms with Gasteiger partial charge in [0.25, 0.3) is 0 Å². The normalized spacial score (nSPS) is 20.7. The third-order valence-electron chi connectivity index (χ3n) is 3.42. The van der Waals surface area contributed by atoms with Crippen LogP contribution in [0.15, 0.2) is 24.3 Å². The van der Waals surface area contributed by atoms with Crippen molar-refractivity contribution in [3.8, 4) is 5.75 Å². The topological polar surface area (TPSA) is 38.5 Å². The van der Waals surface area contributed by atoms with Crippen molar-refractivity contribution in [1.29, 1.82) is 0 Å². The van der Waals surface area contributed by atoms with Gasteiger partial charge >= 0.3 is 0 Å². The van der Waals surface area contributed by atoms with Crippen molar-refractivity contribution in [3.05, 3.63) is 29.8 Å². The minimum atomic E-state index is 0.390. The van der Waals surface area contributed by atoms with E-state index in [4.69, 9.17) is 10.5 Å². The molecule has 3 heteroatoms. The largest absolute Gasteiger partial charge is 0.496 e. The maximum absolute atomic E-state index is 5.89. The summed E-state index contributed by atoms with van der Waals surface area (Å²) in [6.07, 6.45) is 3.40. The molecule has 0 amide bonds. The molecular formula is C14H22N2O. The summed E-state index contributed by atoms with van der Waals surface area (Å²) in [4.78, 5) is 2.46. The van der Waals surface area contributed by atoms with Crippen molar-refractivity contribution in [2.75, 3.05) is 26.7 Å². The van der Waals surface area contributed by atoms with Crippen LogP contribution in [0, 0.1) is 0 Å². The summed E-state index contributed by atoms with van der Waals surface area (Å²) < 4.78 is 5.35. The van der Waals surface area contributed by atoms with Crippen molar-refractivity contribution < 1.29 is 4.74 Å². The highest BCUT2D eigenvalue weighted by Crippen LogP contribution is 2.19. The lowest BCUT2D eigenvalue weighted by Gasteiger charge is -2.15. The van der Waals surface area contributed by atoms with Gasteiger partial charge in [-0.2, -0.15) is 0 Å². The SMILES string of the molecule is COc1ccccc1CCCN1CC[C@H](N)C1. The molecule has 1 saturated heterocycles. The molecule has 1 aliphatic rings. The van der Waals surface area contributed by atoms with Crippen LogP contribution < -0.4 is 10.5 Å². The summed E-state index contributed by atoms with van der Waals surface area (Å²) in [5.41, 5.74) is 7.20. The zero-order valence-electron chi connectivity index (χ0n) is 10.6. The second-order valence-electron chi connectivity index (χ2n) is 4.76. The van der Waals surface area contributed by atoms with Crippen LogP contribution in [0.2, 0.25) is 0 Å². The first-order valence-corrected chi connectivity index (χ1v) is 6.39. The molecule has 2 rings (SSSR count). The molecule has 0 saturated carbocycles. The zero-order valence-corrected chi connectivity index (χ0v) is 10.6. The summed E-state index contributed by atoms with van der Waals surface area (Å²) in [6, 6.07) is 8.66. The average molecular weight is 234 g/mol. The second kappa shape index (κ2) is 6.03. The lowest BCUT2D eigenvalue weighted by molar-refractivity contribution is 0.328. The Morgan fingerprint density at radius 2 is 2.24 bits per heavy atom. The number of aryl methyl sites for hydroxylation is 1. The summed E-state index contributed by atoms with van der Waals surface area (Å²) in [5.74, 6) is 1.01. The Balaban J connectivity index is 1.78. The number of ether oxygens (including phenoxy) is 1. The zero-order chi connectivity index (χ0) is 12.1. The number of hydrogen-bond donors (Lipinski definition) is 1. The van der Waals surface area contributed by atoms with Gasteiger partial charge in [0, 0.05) is 12.6 Å². The summed E-state index contributed by atoms with van der Waals surface area (Å²) in [6.45, 7) is 3.37. The van der Waals surface area contributed by atoms with Gasteiger partial charge in [0.2, 0.25) is 0 Å². The highest BCUT2D eigenvalue weighted by atomic mass is 16.5. The smallest absolute Gasteiger partial charge is 0.122 e. The molecule has 3 nitrogen and oxygen atoms in total. The van der Waals surface area contributed by atoms with E-state index in [0.29, 0.717) is 6.04 Å². The highest BCUT2D eigenvalue weighted by molar-refractivity contribution is 5.33. The molecule has 0 unspecified atom stereocenters. The molecule has 2 N–H and O–H groups in total. The first-order valence-electron chi connectivity index (χ1n) is 6.39. The summed E-state index contributed by atoms with van der Waals surface area (Å²) in [5, 5.41) is 0. The fourth-order valence-electron chi connectivity index (χ4n) is 2.47. The number of rotatable bonds is 5. The highest BCUT2D eigenvalue weighted by Gasteiger charge is 2.18. The lowest BCUT2D eigenvalue weighted by atomic mass is 10.1. The standard InChI is InChI=1S/C14H22N2O/c1-17-14-7-3-2-5-12(14)6-4-9-16-10-8-13(15)11-16/h2-3,5,7,13H,4,6,8-11,15H2,1H3/t13-/m0/s1. The Bertz CT molecular complexity index is 354. The molecule has 1 heterocycles. The lowest BCUT2D eigenvalue weighted by Crippen LogP contribution is -2.27. The van der Waals surface area contributed by atoms with Gasteiger partial charge in [0.15, 0.2) is 0 Å². The third kappa shape index (κ3) is 3.45. The van der Waals surface area contributed by atoms with Gasteiger partial charge in [-0.1, -0.05) is 18.2 Å². The van der Waals surface area contributed by atoms with Gasteiger partial charge in [-0.05, 0) is 44.0 Å². The number of para-hydroxylation sites is 1. The first-order chi connectivity index (χ1) is 8.29. The predicted molar refractivity (Wildman–Crippen MR) is 70.3 cm³/mol. The Hall–Kier alpha value is -1.06. The summed E-state index contributed by atoms with van der Waals surface area (Å²) in [7, 11) is 1.73. The predicted octanol–water partition coefficient (Wildman–Crippen LogP) is 1.66. The molecule has 0 bridgehead atoms. The molecule has 1 fully saturated rings. The Kier molecular flexibility index (Phi) is 4.40. The van der Waals surface area contributed by atoms with E-state index in [1.165, 1.54) is 12.0 Å². The van der Waals surface area contributed by atoms with Crippen LogP contribution in [-0.2, 0) is 6.42 Å².